The van der Waals surface area contributed by atoms with Gasteiger partial charge in [0.15, 0.2) is 5.65 Å². The van der Waals surface area contributed by atoms with Gasteiger partial charge in [-0.25, -0.2) is 4.98 Å². The molecule has 1 aliphatic carbocycles. The van der Waals surface area contributed by atoms with E-state index in [1.165, 1.54) is 5.56 Å². The zero-order valence-electron chi connectivity index (χ0n) is 16.6. The molecule has 2 heterocycles. The third kappa shape index (κ3) is 2.98. The van der Waals surface area contributed by atoms with Crippen molar-refractivity contribution in [1.29, 1.82) is 0 Å². The highest BCUT2D eigenvalue weighted by Gasteiger charge is 2.69. The first-order valence-corrected chi connectivity index (χ1v) is 9.66. The molecule has 1 amide bonds. The number of carbonyl (C=O) groups excluding carboxylic acids is 1. The molecule has 2 unspecified atom stereocenters. The van der Waals surface area contributed by atoms with Crippen LogP contribution in [0.25, 0.3) is 11.0 Å². The largest absolute Gasteiger partial charge is 0.369 e. The van der Waals surface area contributed by atoms with Crippen LogP contribution in [0.1, 0.15) is 30.9 Å². The number of carbonyl (C=O) groups is 1. The summed E-state index contributed by atoms with van der Waals surface area (Å²) in [6.07, 6.45) is 6.00. The Hall–Kier alpha value is -2.73. The Balaban J connectivity index is 1.60. The van der Waals surface area contributed by atoms with Gasteiger partial charge in [-0.2, -0.15) is 5.10 Å². The molecule has 4 rings (SSSR count). The van der Waals surface area contributed by atoms with Gasteiger partial charge in [0.2, 0.25) is 5.91 Å². The zero-order chi connectivity index (χ0) is 19.9. The summed E-state index contributed by atoms with van der Waals surface area (Å²) in [5.41, 5.74) is 8.35. The first-order valence-electron chi connectivity index (χ1n) is 9.66. The second-order valence-electron chi connectivity index (χ2n) is 8.50. The first-order chi connectivity index (χ1) is 13.4. The van der Waals surface area contributed by atoms with Crippen LogP contribution in [-0.2, 0) is 16.6 Å². The number of likely N-dealkylation sites (N-methyl/N-ethyl adjacent to an activating group) is 1. The summed E-state index contributed by atoms with van der Waals surface area (Å²) in [7, 11) is 4.12. The van der Waals surface area contributed by atoms with Crippen molar-refractivity contribution in [2.75, 3.05) is 14.1 Å². The molecule has 0 radical (unpaired) electrons. The number of hydrogen-bond acceptors (Lipinski definition) is 4. The SMILES string of the molecule is CN(C)[C@@H](Cc1cnc2[nH]ncc2c1)CC1(C(N)=O)CC1(C)c1ccccc1. The number of nitrogens with one attached hydrogen (secondary N) is 1. The number of hydrogen-bond donors (Lipinski definition) is 2. The van der Waals surface area contributed by atoms with Gasteiger partial charge in [-0.3, -0.25) is 9.89 Å². The van der Waals surface area contributed by atoms with E-state index >= 15 is 0 Å². The van der Waals surface area contributed by atoms with E-state index in [4.69, 9.17) is 5.73 Å². The highest BCUT2D eigenvalue weighted by molar-refractivity contribution is 5.87. The van der Waals surface area contributed by atoms with Crippen molar-refractivity contribution in [2.45, 2.75) is 37.6 Å². The van der Waals surface area contributed by atoms with Crippen molar-refractivity contribution in [3.63, 3.8) is 0 Å². The maximum absolute atomic E-state index is 12.6. The number of nitrogens with zero attached hydrogens (tertiary/aromatic N) is 3. The average Bonchev–Trinajstić information content (AvgIpc) is 3.06. The highest BCUT2D eigenvalue weighted by Crippen LogP contribution is 2.67. The van der Waals surface area contributed by atoms with Crippen LogP contribution in [0.5, 0.6) is 0 Å². The fourth-order valence-corrected chi connectivity index (χ4v) is 4.61. The van der Waals surface area contributed by atoms with Gasteiger partial charge < -0.3 is 10.6 Å². The predicted molar refractivity (Wildman–Crippen MR) is 110 cm³/mol. The number of aromatic nitrogens is 3. The maximum Gasteiger partial charge on any atom is 0.224 e. The third-order valence-electron chi connectivity index (χ3n) is 6.60. The molecule has 1 aliphatic rings. The van der Waals surface area contributed by atoms with Gasteiger partial charge in [-0.05, 0) is 50.6 Å². The lowest BCUT2D eigenvalue weighted by molar-refractivity contribution is -0.124. The summed E-state index contributed by atoms with van der Waals surface area (Å²) >= 11 is 0. The Morgan fingerprint density at radius 2 is 2.04 bits per heavy atom. The van der Waals surface area contributed by atoms with Crippen molar-refractivity contribution in [1.82, 2.24) is 20.1 Å². The fraction of sp³-hybridized carbons (Fsp3) is 0.409. The monoisotopic (exact) mass is 377 g/mol. The molecular formula is C22H27N5O. The lowest BCUT2D eigenvalue weighted by Crippen LogP contribution is -2.40. The maximum atomic E-state index is 12.6. The molecule has 6 heteroatoms. The molecule has 28 heavy (non-hydrogen) atoms. The van der Waals surface area contributed by atoms with E-state index in [1.54, 1.807) is 6.20 Å². The predicted octanol–water partition coefficient (Wildman–Crippen LogP) is 2.65. The van der Waals surface area contributed by atoms with Crippen molar-refractivity contribution < 1.29 is 4.79 Å². The minimum absolute atomic E-state index is 0.184. The standard InChI is InChI=1S/C22H27N5O/c1-21(17-7-5-4-6-8-17)14-22(21,20(23)28)11-18(27(2)3)10-15-9-16-13-25-26-19(16)24-12-15/h4-9,12-13,18H,10-11,14H2,1-3H3,(H2,23,28)(H,24,25,26)/t18-,21?,22?/m0/s1. The number of aromatic amines is 1. The summed E-state index contributed by atoms with van der Waals surface area (Å²) in [6, 6.07) is 12.6. The minimum Gasteiger partial charge on any atom is -0.369 e. The van der Waals surface area contributed by atoms with Crippen molar-refractivity contribution in [3.05, 3.63) is 59.9 Å². The minimum atomic E-state index is -0.517. The van der Waals surface area contributed by atoms with Gasteiger partial charge in [0.05, 0.1) is 11.6 Å². The van der Waals surface area contributed by atoms with Crippen LogP contribution < -0.4 is 5.73 Å². The van der Waals surface area contributed by atoms with Crippen LogP contribution in [0.3, 0.4) is 0 Å². The van der Waals surface area contributed by atoms with Crippen LogP contribution in [0.15, 0.2) is 48.8 Å². The van der Waals surface area contributed by atoms with E-state index in [9.17, 15) is 4.79 Å². The third-order valence-corrected chi connectivity index (χ3v) is 6.60. The molecule has 0 spiro atoms. The van der Waals surface area contributed by atoms with Crippen LogP contribution in [0, 0.1) is 5.41 Å². The Kier molecular flexibility index (Phi) is 4.46. The number of primary amides is 1. The van der Waals surface area contributed by atoms with Crippen LogP contribution in [0.4, 0.5) is 0 Å². The topological polar surface area (TPSA) is 87.9 Å². The van der Waals surface area contributed by atoms with E-state index in [1.807, 2.05) is 24.4 Å². The Morgan fingerprint density at radius 3 is 2.71 bits per heavy atom. The van der Waals surface area contributed by atoms with Gasteiger partial charge in [-0.15, -0.1) is 0 Å². The number of pyridine rings is 1. The molecule has 1 fully saturated rings. The molecular weight excluding hydrogens is 350 g/mol. The highest BCUT2D eigenvalue weighted by atomic mass is 16.1. The molecule has 0 aliphatic heterocycles. The van der Waals surface area contributed by atoms with Gasteiger partial charge in [0.25, 0.3) is 0 Å². The van der Waals surface area contributed by atoms with E-state index in [-0.39, 0.29) is 17.4 Å². The van der Waals surface area contributed by atoms with Crippen molar-refractivity contribution >= 4 is 16.9 Å². The van der Waals surface area contributed by atoms with Crippen LogP contribution >= 0.6 is 0 Å². The molecule has 0 bridgehead atoms. The molecule has 3 atom stereocenters. The summed E-state index contributed by atoms with van der Waals surface area (Å²) in [5.74, 6) is -0.200. The summed E-state index contributed by atoms with van der Waals surface area (Å²) in [6.45, 7) is 2.17. The molecule has 2 aromatic heterocycles. The number of benzene rings is 1. The van der Waals surface area contributed by atoms with E-state index in [0.29, 0.717) is 0 Å². The van der Waals surface area contributed by atoms with E-state index in [2.05, 4.69) is 59.3 Å². The van der Waals surface area contributed by atoms with Gasteiger partial charge >= 0.3 is 0 Å². The summed E-state index contributed by atoms with van der Waals surface area (Å²) in [5, 5.41) is 7.93. The number of H-pyrrole nitrogens is 1. The van der Waals surface area contributed by atoms with Gasteiger partial charge in [0.1, 0.15) is 0 Å². The smallest absolute Gasteiger partial charge is 0.224 e. The number of fused-ring (bicyclic) bond motifs is 1. The van der Waals surface area contributed by atoms with E-state index in [0.717, 1.165) is 35.9 Å². The Labute approximate surface area is 165 Å². The molecule has 3 aromatic rings. The lowest BCUT2D eigenvalue weighted by atomic mass is 9.81. The zero-order valence-corrected chi connectivity index (χ0v) is 16.6. The number of rotatable bonds is 7. The first kappa shape index (κ1) is 18.6. The Bertz CT molecular complexity index is 998. The fourth-order valence-electron chi connectivity index (χ4n) is 4.61. The number of amides is 1. The lowest BCUT2D eigenvalue weighted by Gasteiger charge is -2.30. The summed E-state index contributed by atoms with van der Waals surface area (Å²) < 4.78 is 0. The average molecular weight is 377 g/mol. The second kappa shape index (κ2) is 6.71. The molecule has 0 saturated heterocycles. The molecule has 1 saturated carbocycles. The van der Waals surface area contributed by atoms with Crippen LogP contribution in [-0.4, -0.2) is 46.1 Å². The Morgan fingerprint density at radius 1 is 1.29 bits per heavy atom. The molecule has 146 valence electrons. The van der Waals surface area contributed by atoms with Crippen molar-refractivity contribution in [2.24, 2.45) is 11.1 Å². The summed E-state index contributed by atoms with van der Waals surface area (Å²) in [4.78, 5) is 19.2. The molecule has 1 aromatic carbocycles. The normalized spacial score (nSPS) is 25.1. The second-order valence-corrected chi connectivity index (χ2v) is 8.50. The van der Waals surface area contributed by atoms with Crippen LogP contribution in [0.2, 0.25) is 0 Å². The quantitative estimate of drug-likeness (QED) is 0.663. The molecule has 6 nitrogen and oxygen atoms in total. The van der Waals surface area contributed by atoms with E-state index < -0.39 is 5.41 Å². The van der Waals surface area contributed by atoms with Gasteiger partial charge in [-0.1, -0.05) is 37.3 Å². The van der Waals surface area contributed by atoms with Crippen molar-refractivity contribution in [3.8, 4) is 0 Å². The molecule has 3 N–H and O–H groups in total. The number of nitrogens with two attached hydrogens (primary N) is 1. The van der Waals surface area contributed by atoms with Gasteiger partial charge in [0, 0.05) is 23.0 Å².